The van der Waals surface area contributed by atoms with E-state index in [0.717, 1.165) is 17.7 Å². The van der Waals surface area contributed by atoms with Gasteiger partial charge in [0.05, 0.1) is 22.9 Å². The lowest BCUT2D eigenvalue weighted by Gasteiger charge is -2.13. The Morgan fingerprint density at radius 3 is 2.50 bits per heavy atom. The number of rotatable bonds is 3. The van der Waals surface area contributed by atoms with Crippen molar-refractivity contribution in [3.8, 4) is 11.5 Å². The molecule has 2 heterocycles. The molecule has 2 aromatic heterocycles. The number of nitrogens with one attached hydrogen (secondary N) is 1. The Bertz CT molecular complexity index is 1250. The first kappa shape index (κ1) is 19.7. The summed E-state index contributed by atoms with van der Waals surface area (Å²) in [6, 6.07) is 14.0. The number of nitrogens with zero attached hydrogens (tertiary/aromatic N) is 1. The summed E-state index contributed by atoms with van der Waals surface area (Å²) in [4.78, 5) is 17.6. The van der Waals surface area contributed by atoms with Crippen LogP contribution in [0.3, 0.4) is 0 Å². The first-order valence-corrected chi connectivity index (χ1v) is 9.16. The number of fused-ring (bicyclic) bond motifs is 1. The smallest absolute Gasteiger partial charge is 0.416 e. The zero-order valence-corrected chi connectivity index (χ0v) is 16.2. The number of aryl methyl sites for hydroxylation is 2. The third-order valence-electron chi connectivity index (χ3n) is 4.64. The molecule has 0 unspecified atom stereocenters. The van der Waals surface area contributed by atoms with Gasteiger partial charge < -0.3 is 9.73 Å². The molecule has 2 aromatic carbocycles. The van der Waals surface area contributed by atoms with Gasteiger partial charge in [0.1, 0.15) is 5.69 Å². The molecule has 0 aliphatic heterocycles. The molecule has 0 bridgehead atoms. The zero-order chi connectivity index (χ0) is 21.5. The first-order valence-electron chi connectivity index (χ1n) is 9.16. The molecule has 0 atom stereocenters. The molecular weight excluding hydrogens is 393 g/mol. The lowest BCUT2D eigenvalue weighted by atomic mass is 10.0. The zero-order valence-electron chi connectivity index (χ0n) is 16.2. The van der Waals surface area contributed by atoms with Crippen LogP contribution in [0.25, 0.3) is 22.4 Å². The number of carbonyl (C=O) groups is 1. The molecule has 4 aromatic rings. The van der Waals surface area contributed by atoms with Crippen molar-refractivity contribution >= 4 is 22.5 Å². The normalized spacial score (nSPS) is 11.6. The molecule has 152 valence electrons. The number of halogens is 3. The summed E-state index contributed by atoms with van der Waals surface area (Å²) in [5, 5.41) is 3.20. The van der Waals surface area contributed by atoms with E-state index < -0.39 is 17.6 Å². The highest BCUT2D eigenvalue weighted by Gasteiger charge is 2.31. The fourth-order valence-corrected chi connectivity index (χ4v) is 3.30. The predicted molar refractivity (Wildman–Crippen MR) is 108 cm³/mol. The average molecular weight is 410 g/mol. The molecular formula is C23H17F3N2O2. The van der Waals surface area contributed by atoms with Crippen molar-refractivity contribution < 1.29 is 22.4 Å². The summed E-state index contributed by atoms with van der Waals surface area (Å²) in [7, 11) is 0. The van der Waals surface area contributed by atoms with Crippen LogP contribution in [0, 0.1) is 13.8 Å². The number of aromatic nitrogens is 1. The largest absolute Gasteiger partial charge is 0.463 e. The maximum atomic E-state index is 13.1. The first-order chi connectivity index (χ1) is 14.2. The number of carbonyl (C=O) groups excluding carboxylic acids is 1. The minimum Gasteiger partial charge on any atom is -0.463 e. The molecule has 0 saturated heterocycles. The lowest BCUT2D eigenvalue weighted by molar-refractivity contribution is -0.137. The molecule has 4 nitrogen and oxygen atoms in total. The van der Waals surface area contributed by atoms with Crippen LogP contribution in [-0.4, -0.2) is 10.9 Å². The van der Waals surface area contributed by atoms with Crippen LogP contribution in [0.4, 0.5) is 18.9 Å². The van der Waals surface area contributed by atoms with Gasteiger partial charge in [0.2, 0.25) is 0 Å². The standard InChI is InChI=1S/C23H17F3N2O2/c1-13-5-6-19-17(10-13)18(12-20(28-19)21-4-3-7-30-21)22(29)27-16-9-14(2)8-15(11-16)23(24,25)26/h3-12H,1-2H3,(H,27,29). The molecule has 30 heavy (non-hydrogen) atoms. The SMILES string of the molecule is Cc1cc(NC(=O)c2cc(-c3ccco3)nc3ccc(C)cc23)cc(C(F)(F)F)c1. The Balaban J connectivity index is 1.80. The number of furan rings is 1. The number of amides is 1. The molecule has 0 spiro atoms. The number of hydrogen-bond acceptors (Lipinski definition) is 3. The van der Waals surface area contributed by atoms with Crippen LogP contribution >= 0.6 is 0 Å². The van der Waals surface area contributed by atoms with Gasteiger partial charge in [-0.1, -0.05) is 11.6 Å². The number of anilines is 1. The lowest BCUT2D eigenvalue weighted by Crippen LogP contribution is -2.14. The Labute approximate surface area is 170 Å². The quantitative estimate of drug-likeness (QED) is 0.426. The van der Waals surface area contributed by atoms with Crippen molar-refractivity contribution in [1.82, 2.24) is 4.98 Å². The van der Waals surface area contributed by atoms with E-state index in [1.807, 2.05) is 19.1 Å². The fourth-order valence-electron chi connectivity index (χ4n) is 3.30. The molecule has 0 radical (unpaired) electrons. The van der Waals surface area contributed by atoms with Crippen molar-refractivity contribution in [1.29, 1.82) is 0 Å². The maximum Gasteiger partial charge on any atom is 0.416 e. The van der Waals surface area contributed by atoms with Crippen molar-refractivity contribution in [3.05, 3.63) is 83.1 Å². The minimum absolute atomic E-state index is 0.0736. The fraction of sp³-hybridized carbons (Fsp3) is 0.130. The monoisotopic (exact) mass is 410 g/mol. The third-order valence-corrected chi connectivity index (χ3v) is 4.64. The summed E-state index contributed by atoms with van der Waals surface area (Å²) in [6.45, 7) is 3.43. The van der Waals surface area contributed by atoms with Crippen LogP contribution in [0.5, 0.6) is 0 Å². The Morgan fingerprint density at radius 1 is 1.00 bits per heavy atom. The second kappa shape index (κ2) is 7.33. The van der Waals surface area contributed by atoms with E-state index in [1.54, 1.807) is 31.2 Å². The summed E-state index contributed by atoms with van der Waals surface area (Å²) < 4.78 is 44.8. The third kappa shape index (κ3) is 3.91. The van der Waals surface area contributed by atoms with E-state index >= 15 is 0 Å². The van der Waals surface area contributed by atoms with Crippen molar-refractivity contribution in [2.75, 3.05) is 5.32 Å². The van der Waals surface area contributed by atoms with Crippen molar-refractivity contribution in [3.63, 3.8) is 0 Å². The van der Waals surface area contributed by atoms with Gasteiger partial charge in [0.25, 0.3) is 5.91 Å². The van der Waals surface area contributed by atoms with Crippen LogP contribution < -0.4 is 5.32 Å². The molecule has 0 saturated carbocycles. The van der Waals surface area contributed by atoms with Gasteiger partial charge in [-0.3, -0.25) is 4.79 Å². The molecule has 7 heteroatoms. The minimum atomic E-state index is -4.50. The Hall–Kier alpha value is -3.61. The van der Waals surface area contributed by atoms with Gasteiger partial charge in [-0.25, -0.2) is 4.98 Å². The highest BCUT2D eigenvalue weighted by atomic mass is 19.4. The van der Waals surface area contributed by atoms with Gasteiger partial charge in [0, 0.05) is 11.1 Å². The van der Waals surface area contributed by atoms with E-state index in [1.165, 1.54) is 12.3 Å². The van der Waals surface area contributed by atoms with Crippen molar-refractivity contribution in [2.24, 2.45) is 0 Å². The van der Waals surface area contributed by atoms with E-state index in [9.17, 15) is 18.0 Å². The van der Waals surface area contributed by atoms with E-state index in [-0.39, 0.29) is 5.69 Å². The number of pyridine rings is 1. The molecule has 1 N–H and O–H groups in total. The van der Waals surface area contributed by atoms with E-state index in [0.29, 0.717) is 33.5 Å². The topological polar surface area (TPSA) is 55.1 Å². The van der Waals surface area contributed by atoms with E-state index in [2.05, 4.69) is 10.3 Å². The molecule has 0 fully saturated rings. The number of hydrogen-bond donors (Lipinski definition) is 1. The maximum absolute atomic E-state index is 13.1. The van der Waals surface area contributed by atoms with Gasteiger partial charge in [0.15, 0.2) is 5.76 Å². The van der Waals surface area contributed by atoms with Gasteiger partial charge >= 0.3 is 6.18 Å². The van der Waals surface area contributed by atoms with Gasteiger partial charge in [-0.15, -0.1) is 0 Å². The van der Waals surface area contributed by atoms with Crippen molar-refractivity contribution in [2.45, 2.75) is 20.0 Å². The summed E-state index contributed by atoms with van der Waals surface area (Å²) in [5.74, 6) is -0.0408. The molecule has 1 amide bonds. The highest BCUT2D eigenvalue weighted by molar-refractivity contribution is 6.13. The van der Waals surface area contributed by atoms with E-state index in [4.69, 9.17) is 4.42 Å². The molecule has 0 aliphatic rings. The van der Waals surface area contributed by atoms with Crippen LogP contribution in [0.15, 0.2) is 65.3 Å². The number of alkyl halides is 3. The second-order valence-electron chi connectivity index (χ2n) is 7.09. The molecule has 4 rings (SSSR count). The highest BCUT2D eigenvalue weighted by Crippen LogP contribution is 2.32. The Morgan fingerprint density at radius 2 is 1.80 bits per heavy atom. The van der Waals surface area contributed by atoms with Crippen LogP contribution in [0.2, 0.25) is 0 Å². The van der Waals surface area contributed by atoms with Crippen LogP contribution in [0.1, 0.15) is 27.0 Å². The molecule has 0 aliphatic carbocycles. The average Bonchev–Trinajstić information content (AvgIpc) is 3.21. The summed E-state index contributed by atoms with van der Waals surface area (Å²) in [6.07, 6.45) is -3.00. The number of benzene rings is 2. The Kier molecular flexibility index (Phi) is 4.81. The summed E-state index contributed by atoms with van der Waals surface area (Å²) >= 11 is 0. The predicted octanol–water partition coefficient (Wildman–Crippen LogP) is 6.38. The summed E-state index contributed by atoms with van der Waals surface area (Å²) in [5.41, 5.74) is 1.92. The van der Waals surface area contributed by atoms with Gasteiger partial charge in [-0.2, -0.15) is 13.2 Å². The van der Waals surface area contributed by atoms with Gasteiger partial charge in [-0.05, 0) is 67.9 Å². The van der Waals surface area contributed by atoms with Crippen LogP contribution in [-0.2, 0) is 6.18 Å². The second-order valence-corrected chi connectivity index (χ2v) is 7.09.